The third kappa shape index (κ3) is 1.72. The maximum absolute atomic E-state index is 5.87. The summed E-state index contributed by atoms with van der Waals surface area (Å²) in [6.45, 7) is 2.40. The Morgan fingerprint density at radius 3 is 3.20 bits per heavy atom. The summed E-state index contributed by atoms with van der Waals surface area (Å²) >= 11 is 0. The van der Waals surface area contributed by atoms with Crippen LogP contribution in [0.15, 0.2) is 12.3 Å². The molecule has 1 aromatic rings. The second-order valence-electron chi connectivity index (χ2n) is 4.29. The molecular formula is C10H15N3O2. The van der Waals surface area contributed by atoms with Crippen molar-refractivity contribution >= 4 is 5.82 Å². The van der Waals surface area contributed by atoms with E-state index in [-0.39, 0.29) is 6.10 Å². The molecule has 2 saturated heterocycles. The highest BCUT2D eigenvalue weighted by molar-refractivity contribution is 5.23. The van der Waals surface area contributed by atoms with Crippen molar-refractivity contribution < 1.29 is 9.47 Å². The van der Waals surface area contributed by atoms with E-state index >= 15 is 0 Å². The summed E-state index contributed by atoms with van der Waals surface area (Å²) in [7, 11) is 0. The Hall–Kier alpha value is -1.07. The number of ether oxygens (including phenoxy) is 2. The number of hydrogen-bond acceptors (Lipinski definition) is 4. The molecule has 2 N–H and O–H groups in total. The second-order valence-corrected chi connectivity index (χ2v) is 4.29. The number of aromatic nitrogens is 2. The normalized spacial score (nSPS) is 34.5. The molecule has 0 amide bonds. The highest BCUT2D eigenvalue weighted by atomic mass is 16.6. The van der Waals surface area contributed by atoms with E-state index < -0.39 is 0 Å². The first-order chi connectivity index (χ1) is 7.31. The Bertz CT molecular complexity index is 340. The van der Waals surface area contributed by atoms with E-state index in [0.29, 0.717) is 17.8 Å². The van der Waals surface area contributed by atoms with Crippen molar-refractivity contribution in [1.82, 2.24) is 9.78 Å². The molecule has 82 valence electrons. The lowest BCUT2D eigenvalue weighted by atomic mass is 10.0. The Morgan fingerprint density at radius 2 is 2.47 bits per heavy atom. The molecular weight excluding hydrogens is 194 g/mol. The smallest absolute Gasteiger partial charge is 0.145 e. The molecule has 5 nitrogen and oxygen atoms in total. The van der Waals surface area contributed by atoms with Crippen molar-refractivity contribution in [3.8, 4) is 0 Å². The van der Waals surface area contributed by atoms with Crippen LogP contribution in [-0.2, 0) is 16.0 Å². The van der Waals surface area contributed by atoms with Crippen LogP contribution in [-0.4, -0.2) is 35.2 Å². The average molecular weight is 209 g/mol. The molecule has 0 bridgehead atoms. The van der Waals surface area contributed by atoms with Gasteiger partial charge in [0.25, 0.3) is 0 Å². The first kappa shape index (κ1) is 9.18. The van der Waals surface area contributed by atoms with Crippen LogP contribution in [0.3, 0.4) is 0 Å². The first-order valence-electron chi connectivity index (χ1n) is 5.33. The first-order valence-corrected chi connectivity index (χ1v) is 5.33. The van der Waals surface area contributed by atoms with Crippen molar-refractivity contribution in [2.24, 2.45) is 5.92 Å². The lowest BCUT2D eigenvalue weighted by Crippen LogP contribution is -2.19. The minimum Gasteiger partial charge on any atom is -0.382 e. The maximum Gasteiger partial charge on any atom is 0.145 e. The largest absolute Gasteiger partial charge is 0.382 e. The number of nitrogen functional groups attached to an aromatic ring is 1. The minimum absolute atomic E-state index is 0.267. The van der Waals surface area contributed by atoms with Crippen molar-refractivity contribution in [3.05, 3.63) is 12.3 Å². The van der Waals surface area contributed by atoms with Gasteiger partial charge in [0.15, 0.2) is 0 Å². The minimum atomic E-state index is 0.267. The van der Waals surface area contributed by atoms with Crippen LogP contribution < -0.4 is 5.73 Å². The molecule has 1 aromatic heterocycles. The summed E-state index contributed by atoms with van der Waals surface area (Å²) in [5.74, 6) is 1.15. The van der Waals surface area contributed by atoms with Crippen LogP contribution in [0.1, 0.15) is 6.42 Å². The van der Waals surface area contributed by atoms with E-state index in [1.807, 2.05) is 10.9 Å². The fraction of sp³-hybridized carbons (Fsp3) is 0.700. The molecule has 0 aliphatic carbocycles. The molecule has 3 atom stereocenters. The summed E-state index contributed by atoms with van der Waals surface area (Å²) in [6.07, 6.45) is 3.54. The van der Waals surface area contributed by atoms with Crippen LogP contribution in [0.4, 0.5) is 5.82 Å². The molecule has 0 saturated carbocycles. The fourth-order valence-corrected chi connectivity index (χ4v) is 2.39. The SMILES string of the molecule is Nc1ccn(CC2CC3COCC3O2)n1. The third-order valence-electron chi connectivity index (χ3n) is 3.12. The highest BCUT2D eigenvalue weighted by Gasteiger charge is 2.39. The predicted molar refractivity (Wildman–Crippen MR) is 54.2 cm³/mol. The van der Waals surface area contributed by atoms with Crippen LogP contribution in [0.2, 0.25) is 0 Å². The van der Waals surface area contributed by atoms with Crippen LogP contribution in [0.25, 0.3) is 0 Å². The number of anilines is 1. The standard InChI is InChI=1S/C10H15N3O2/c11-10-1-2-13(12-10)4-8-3-7-5-14-6-9(7)15-8/h1-2,7-9H,3-6H2,(H2,11,12). The Balaban J connectivity index is 1.61. The quantitative estimate of drug-likeness (QED) is 0.759. The Labute approximate surface area is 88.1 Å². The second kappa shape index (κ2) is 3.50. The van der Waals surface area contributed by atoms with Crippen molar-refractivity contribution in [3.63, 3.8) is 0 Å². The lowest BCUT2D eigenvalue weighted by Gasteiger charge is -2.11. The van der Waals surface area contributed by atoms with Gasteiger partial charge in [-0.15, -0.1) is 0 Å². The number of fused-ring (bicyclic) bond motifs is 1. The molecule has 15 heavy (non-hydrogen) atoms. The molecule has 2 aliphatic rings. The van der Waals surface area contributed by atoms with Gasteiger partial charge in [-0.25, -0.2) is 0 Å². The van der Waals surface area contributed by atoms with E-state index in [2.05, 4.69) is 5.10 Å². The third-order valence-corrected chi connectivity index (χ3v) is 3.12. The molecule has 5 heteroatoms. The van der Waals surface area contributed by atoms with E-state index in [0.717, 1.165) is 26.2 Å². The zero-order valence-corrected chi connectivity index (χ0v) is 8.50. The van der Waals surface area contributed by atoms with Gasteiger partial charge < -0.3 is 15.2 Å². The van der Waals surface area contributed by atoms with Gasteiger partial charge >= 0.3 is 0 Å². The van der Waals surface area contributed by atoms with Gasteiger partial charge in [0.2, 0.25) is 0 Å². The number of nitrogens with two attached hydrogens (primary N) is 1. The molecule has 0 aromatic carbocycles. The summed E-state index contributed by atoms with van der Waals surface area (Å²) < 4.78 is 13.1. The molecule has 3 unspecified atom stereocenters. The molecule has 2 aliphatic heterocycles. The molecule has 0 spiro atoms. The van der Waals surface area contributed by atoms with E-state index in [1.165, 1.54) is 0 Å². The van der Waals surface area contributed by atoms with E-state index in [1.54, 1.807) is 6.07 Å². The van der Waals surface area contributed by atoms with Crippen molar-refractivity contribution in [2.75, 3.05) is 18.9 Å². The van der Waals surface area contributed by atoms with Crippen molar-refractivity contribution in [1.29, 1.82) is 0 Å². The summed E-state index contributed by atoms with van der Waals surface area (Å²) in [6, 6.07) is 1.80. The fourth-order valence-electron chi connectivity index (χ4n) is 2.39. The van der Waals surface area contributed by atoms with E-state index in [4.69, 9.17) is 15.2 Å². The highest BCUT2D eigenvalue weighted by Crippen LogP contribution is 2.31. The zero-order chi connectivity index (χ0) is 10.3. The predicted octanol–water partition coefficient (Wildman–Crippen LogP) is 0.269. The van der Waals surface area contributed by atoms with Gasteiger partial charge in [-0.3, -0.25) is 4.68 Å². The summed E-state index contributed by atoms with van der Waals surface area (Å²) in [5, 5.41) is 4.15. The number of hydrogen-bond donors (Lipinski definition) is 1. The molecule has 3 rings (SSSR count). The maximum atomic E-state index is 5.87. The van der Waals surface area contributed by atoms with Gasteiger partial charge in [-0.05, 0) is 12.5 Å². The van der Waals surface area contributed by atoms with Gasteiger partial charge in [-0.2, -0.15) is 5.10 Å². The van der Waals surface area contributed by atoms with Crippen LogP contribution in [0.5, 0.6) is 0 Å². The summed E-state index contributed by atoms with van der Waals surface area (Å²) in [5.41, 5.74) is 5.55. The van der Waals surface area contributed by atoms with Gasteiger partial charge in [0.1, 0.15) is 5.82 Å². The number of nitrogens with zero attached hydrogens (tertiary/aromatic N) is 2. The van der Waals surface area contributed by atoms with Gasteiger partial charge in [0, 0.05) is 12.1 Å². The van der Waals surface area contributed by atoms with Crippen LogP contribution in [0, 0.1) is 5.92 Å². The van der Waals surface area contributed by atoms with Crippen LogP contribution >= 0.6 is 0 Å². The Kier molecular flexibility index (Phi) is 2.14. The topological polar surface area (TPSA) is 62.3 Å². The average Bonchev–Trinajstić information content (AvgIpc) is 2.81. The molecule has 3 heterocycles. The van der Waals surface area contributed by atoms with Gasteiger partial charge in [0.05, 0.1) is 32.0 Å². The molecule has 0 radical (unpaired) electrons. The van der Waals surface area contributed by atoms with Crippen molar-refractivity contribution in [2.45, 2.75) is 25.2 Å². The number of rotatable bonds is 2. The molecule has 2 fully saturated rings. The van der Waals surface area contributed by atoms with E-state index in [9.17, 15) is 0 Å². The summed E-state index contributed by atoms with van der Waals surface area (Å²) in [4.78, 5) is 0. The van der Waals surface area contributed by atoms with Gasteiger partial charge in [-0.1, -0.05) is 0 Å². The lowest BCUT2D eigenvalue weighted by molar-refractivity contribution is 0.0110. The Morgan fingerprint density at radius 1 is 1.53 bits per heavy atom. The zero-order valence-electron chi connectivity index (χ0n) is 8.50. The monoisotopic (exact) mass is 209 g/mol.